The molecule has 8 heteroatoms. The largest absolute Gasteiger partial charge is 0.291 e. The smallest absolute Gasteiger partial charge is 0.275 e. The Kier molecular flexibility index (Phi) is 4.14. The van der Waals surface area contributed by atoms with E-state index in [2.05, 4.69) is 0 Å². The minimum atomic E-state index is -1.00. The average Bonchev–Trinajstić information content (AvgIpc) is 2.25. The standard InChI is InChI=1S/C12H13ClN2O5/c1-6-8(14(17)18)5-7(12(2,3)4)9(11(13)16)10(6)15(19)20/h5H,1-4H3. The molecule has 0 atom stereocenters. The maximum Gasteiger partial charge on any atom is 0.291 e. The summed E-state index contributed by atoms with van der Waals surface area (Å²) in [4.78, 5) is 32.2. The summed E-state index contributed by atoms with van der Waals surface area (Å²) in [6, 6.07) is 1.18. The number of benzene rings is 1. The van der Waals surface area contributed by atoms with E-state index in [1.807, 2.05) is 0 Å². The third-order valence-electron chi connectivity index (χ3n) is 2.91. The SMILES string of the molecule is Cc1c([N+](=O)[O-])cc(C(C)(C)C)c(C(=O)Cl)c1[N+](=O)[O-]. The van der Waals surface area contributed by atoms with Crippen LogP contribution in [-0.4, -0.2) is 15.1 Å². The Hall–Kier alpha value is -2.02. The first kappa shape index (κ1) is 16.0. The van der Waals surface area contributed by atoms with Crippen molar-refractivity contribution in [1.82, 2.24) is 0 Å². The van der Waals surface area contributed by atoms with Gasteiger partial charge >= 0.3 is 0 Å². The van der Waals surface area contributed by atoms with Gasteiger partial charge in [0.05, 0.1) is 9.85 Å². The van der Waals surface area contributed by atoms with Crippen LogP contribution in [0.2, 0.25) is 0 Å². The Morgan fingerprint density at radius 2 is 1.70 bits per heavy atom. The quantitative estimate of drug-likeness (QED) is 0.483. The molecule has 0 unspecified atom stereocenters. The van der Waals surface area contributed by atoms with Crippen molar-refractivity contribution >= 4 is 28.2 Å². The van der Waals surface area contributed by atoms with Gasteiger partial charge < -0.3 is 0 Å². The molecule has 108 valence electrons. The summed E-state index contributed by atoms with van der Waals surface area (Å²) in [7, 11) is 0. The first-order chi connectivity index (χ1) is 8.98. The number of carbonyl (C=O) groups is 1. The second-order valence-corrected chi connectivity index (χ2v) is 5.67. The number of hydrogen-bond donors (Lipinski definition) is 0. The fraction of sp³-hybridized carbons (Fsp3) is 0.417. The van der Waals surface area contributed by atoms with Gasteiger partial charge in [0.1, 0.15) is 11.1 Å². The van der Waals surface area contributed by atoms with Crippen molar-refractivity contribution in [3.63, 3.8) is 0 Å². The zero-order valence-corrected chi connectivity index (χ0v) is 12.1. The molecule has 0 aliphatic rings. The van der Waals surface area contributed by atoms with E-state index in [0.29, 0.717) is 0 Å². The lowest BCUT2D eigenvalue weighted by Gasteiger charge is -2.21. The van der Waals surface area contributed by atoms with E-state index in [1.165, 1.54) is 13.0 Å². The molecule has 0 aromatic heterocycles. The topological polar surface area (TPSA) is 103 Å². The normalized spacial score (nSPS) is 11.2. The molecular weight excluding hydrogens is 288 g/mol. The Balaban J connectivity index is 3.98. The second kappa shape index (κ2) is 5.16. The second-order valence-electron chi connectivity index (χ2n) is 5.33. The summed E-state index contributed by atoms with van der Waals surface area (Å²) in [6.07, 6.45) is 0. The van der Waals surface area contributed by atoms with Crippen molar-refractivity contribution in [2.24, 2.45) is 0 Å². The van der Waals surface area contributed by atoms with E-state index < -0.39 is 31.9 Å². The number of halogens is 1. The van der Waals surface area contributed by atoms with Crippen molar-refractivity contribution in [2.45, 2.75) is 33.1 Å². The van der Waals surface area contributed by atoms with Gasteiger partial charge in [-0.1, -0.05) is 20.8 Å². The monoisotopic (exact) mass is 300 g/mol. The van der Waals surface area contributed by atoms with Crippen molar-refractivity contribution < 1.29 is 14.6 Å². The molecule has 1 rings (SSSR count). The lowest BCUT2D eigenvalue weighted by molar-refractivity contribution is -0.395. The number of nitro groups is 2. The van der Waals surface area contributed by atoms with Gasteiger partial charge in [-0.15, -0.1) is 0 Å². The molecule has 7 nitrogen and oxygen atoms in total. The van der Waals surface area contributed by atoms with E-state index in [9.17, 15) is 25.0 Å². The molecule has 0 N–H and O–H groups in total. The number of hydrogen-bond acceptors (Lipinski definition) is 5. The maximum atomic E-state index is 11.6. The predicted molar refractivity (Wildman–Crippen MR) is 73.4 cm³/mol. The minimum Gasteiger partial charge on any atom is -0.275 e. The van der Waals surface area contributed by atoms with E-state index in [1.54, 1.807) is 20.8 Å². The van der Waals surface area contributed by atoms with Gasteiger partial charge in [-0.2, -0.15) is 0 Å². The van der Waals surface area contributed by atoms with E-state index in [4.69, 9.17) is 11.6 Å². The first-order valence-electron chi connectivity index (χ1n) is 5.65. The summed E-state index contributed by atoms with van der Waals surface area (Å²) in [5.41, 5.74) is -2.00. The Labute approximate surface area is 119 Å². The molecule has 0 radical (unpaired) electrons. The van der Waals surface area contributed by atoms with Crippen LogP contribution in [0.4, 0.5) is 11.4 Å². The third kappa shape index (κ3) is 2.77. The van der Waals surface area contributed by atoms with Crippen LogP contribution in [0.5, 0.6) is 0 Å². The van der Waals surface area contributed by atoms with Crippen LogP contribution in [0.15, 0.2) is 6.07 Å². The van der Waals surface area contributed by atoms with E-state index in [0.717, 1.165) is 0 Å². The fourth-order valence-electron chi connectivity index (χ4n) is 1.96. The molecule has 0 aliphatic carbocycles. The number of rotatable bonds is 3. The molecule has 0 bridgehead atoms. The molecule has 0 amide bonds. The highest BCUT2D eigenvalue weighted by molar-refractivity contribution is 6.68. The molecule has 0 saturated heterocycles. The summed E-state index contributed by atoms with van der Waals surface area (Å²) in [5.74, 6) is 0. The van der Waals surface area contributed by atoms with Gasteiger partial charge in [-0.3, -0.25) is 25.0 Å². The van der Waals surface area contributed by atoms with Crippen molar-refractivity contribution in [3.05, 3.63) is 43.0 Å². The summed E-state index contributed by atoms with van der Waals surface area (Å²) < 4.78 is 0. The van der Waals surface area contributed by atoms with Crippen LogP contribution in [-0.2, 0) is 5.41 Å². The fourth-order valence-corrected chi connectivity index (χ4v) is 2.15. The van der Waals surface area contributed by atoms with Crippen LogP contribution in [0, 0.1) is 27.2 Å². The lowest BCUT2D eigenvalue weighted by Crippen LogP contribution is -2.18. The van der Waals surface area contributed by atoms with Crippen LogP contribution in [0.3, 0.4) is 0 Å². The summed E-state index contributed by atoms with van der Waals surface area (Å²) in [5, 5.41) is 21.2. The van der Waals surface area contributed by atoms with Crippen LogP contribution in [0.25, 0.3) is 0 Å². The zero-order valence-electron chi connectivity index (χ0n) is 11.4. The first-order valence-corrected chi connectivity index (χ1v) is 6.03. The summed E-state index contributed by atoms with van der Waals surface area (Å²) in [6.45, 7) is 6.30. The van der Waals surface area contributed by atoms with Gasteiger partial charge in [0, 0.05) is 6.07 Å². The van der Waals surface area contributed by atoms with Crippen LogP contribution >= 0.6 is 11.6 Å². The van der Waals surface area contributed by atoms with Crippen molar-refractivity contribution in [2.75, 3.05) is 0 Å². The van der Waals surface area contributed by atoms with Gasteiger partial charge in [0.25, 0.3) is 16.6 Å². The molecule has 0 aliphatic heterocycles. The highest BCUT2D eigenvalue weighted by Gasteiger charge is 2.35. The molecule has 1 aromatic rings. The van der Waals surface area contributed by atoms with Crippen LogP contribution < -0.4 is 0 Å². The molecule has 0 fully saturated rings. The van der Waals surface area contributed by atoms with Gasteiger partial charge in [-0.05, 0) is 29.5 Å². The molecule has 0 heterocycles. The number of nitro benzene ring substituents is 2. The van der Waals surface area contributed by atoms with E-state index in [-0.39, 0.29) is 16.7 Å². The molecule has 0 spiro atoms. The van der Waals surface area contributed by atoms with Gasteiger partial charge in [0.15, 0.2) is 0 Å². The highest BCUT2D eigenvalue weighted by Crippen LogP contribution is 2.39. The Morgan fingerprint density at radius 3 is 2.00 bits per heavy atom. The molecule has 1 aromatic carbocycles. The number of nitrogens with zero attached hydrogens (tertiary/aromatic N) is 2. The van der Waals surface area contributed by atoms with E-state index >= 15 is 0 Å². The predicted octanol–water partition coefficient (Wildman–Crippen LogP) is 3.49. The molecular formula is C12H13ClN2O5. The lowest BCUT2D eigenvalue weighted by atomic mass is 9.82. The zero-order chi connectivity index (χ0) is 15.8. The van der Waals surface area contributed by atoms with Crippen LogP contribution in [0.1, 0.15) is 42.3 Å². The van der Waals surface area contributed by atoms with Gasteiger partial charge in [-0.25, -0.2) is 0 Å². The van der Waals surface area contributed by atoms with Crippen molar-refractivity contribution in [1.29, 1.82) is 0 Å². The Morgan fingerprint density at radius 1 is 1.20 bits per heavy atom. The summed E-state index contributed by atoms with van der Waals surface area (Å²) >= 11 is 5.45. The average molecular weight is 301 g/mol. The molecule has 20 heavy (non-hydrogen) atoms. The maximum absolute atomic E-state index is 11.6. The third-order valence-corrected chi connectivity index (χ3v) is 3.10. The van der Waals surface area contributed by atoms with Gasteiger partial charge in [0.2, 0.25) is 0 Å². The molecule has 0 saturated carbocycles. The Bertz CT molecular complexity index is 619. The highest BCUT2D eigenvalue weighted by atomic mass is 35.5. The van der Waals surface area contributed by atoms with Crippen molar-refractivity contribution in [3.8, 4) is 0 Å². The number of carbonyl (C=O) groups excluding carboxylic acids is 1. The minimum absolute atomic E-state index is 0.182.